The molecule has 1 amide bonds. The number of nitrogens with one attached hydrogen (secondary N) is 1. The average Bonchev–Trinajstić information content (AvgIpc) is 2.80. The van der Waals surface area contributed by atoms with Gasteiger partial charge < -0.3 is 10.1 Å². The molecule has 0 saturated carbocycles. The van der Waals surface area contributed by atoms with Gasteiger partial charge >= 0.3 is 0 Å². The summed E-state index contributed by atoms with van der Waals surface area (Å²) in [5, 5.41) is 6.04. The first-order chi connectivity index (χ1) is 8.83. The van der Waals surface area contributed by atoms with Crippen molar-refractivity contribution < 1.29 is 9.53 Å². The molecule has 3 rings (SSSR count). The molecule has 6 heteroatoms. The first-order valence-corrected chi connectivity index (χ1v) is 7.21. The first-order valence-electron chi connectivity index (χ1n) is 6.33. The smallest absolute Gasteiger partial charge is 0.225 e. The highest BCUT2D eigenvalue weighted by atomic mass is 32.1. The van der Waals surface area contributed by atoms with Crippen molar-refractivity contribution in [1.82, 2.24) is 15.2 Å². The second-order valence-corrected chi connectivity index (χ2v) is 5.74. The summed E-state index contributed by atoms with van der Waals surface area (Å²) in [5.41, 5.74) is 0. The Morgan fingerprint density at radius 2 is 2.56 bits per heavy atom. The minimum atomic E-state index is 0.0278. The predicted molar refractivity (Wildman–Crippen MR) is 68.2 cm³/mol. The third-order valence-electron chi connectivity index (χ3n) is 3.56. The van der Waals surface area contributed by atoms with E-state index in [0.29, 0.717) is 13.2 Å². The Morgan fingerprint density at radius 1 is 1.61 bits per heavy atom. The van der Waals surface area contributed by atoms with E-state index in [1.807, 2.05) is 11.6 Å². The second-order valence-electron chi connectivity index (χ2n) is 4.76. The highest BCUT2D eigenvalue weighted by molar-refractivity contribution is 7.09. The van der Waals surface area contributed by atoms with Crippen LogP contribution in [-0.2, 0) is 16.1 Å². The Hall–Kier alpha value is -0.980. The number of hydrogen-bond donors (Lipinski definition) is 1. The zero-order valence-corrected chi connectivity index (χ0v) is 11.0. The molecule has 2 aliphatic rings. The monoisotopic (exact) mass is 267 g/mol. The van der Waals surface area contributed by atoms with Crippen molar-refractivity contribution in [2.45, 2.75) is 19.1 Å². The predicted octanol–water partition coefficient (Wildman–Crippen LogP) is 0.480. The zero-order chi connectivity index (χ0) is 12.4. The van der Waals surface area contributed by atoms with Crippen LogP contribution in [0.3, 0.4) is 0 Å². The maximum Gasteiger partial charge on any atom is 0.225 e. The summed E-state index contributed by atoms with van der Waals surface area (Å²) >= 11 is 1.68. The lowest BCUT2D eigenvalue weighted by atomic mass is 9.93. The van der Waals surface area contributed by atoms with E-state index < -0.39 is 0 Å². The van der Waals surface area contributed by atoms with Gasteiger partial charge in [0, 0.05) is 24.7 Å². The molecule has 2 aliphatic heterocycles. The first kappa shape index (κ1) is 12.1. The number of amides is 1. The fourth-order valence-electron chi connectivity index (χ4n) is 2.63. The molecule has 0 bridgehead atoms. The minimum absolute atomic E-state index is 0.0278. The van der Waals surface area contributed by atoms with E-state index in [0.717, 1.165) is 31.1 Å². The summed E-state index contributed by atoms with van der Waals surface area (Å²) in [5.74, 6) is 0.187. The number of carbonyl (C=O) groups excluding carboxylic acids is 1. The maximum absolute atomic E-state index is 11.9. The zero-order valence-electron chi connectivity index (χ0n) is 10.2. The molecule has 98 valence electrons. The molecule has 1 aromatic rings. The quantitative estimate of drug-likeness (QED) is 0.847. The Morgan fingerprint density at radius 3 is 3.39 bits per heavy atom. The van der Waals surface area contributed by atoms with E-state index in [-0.39, 0.29) is 17.9 Å². The van der Waals surface area contributed by atoms with Crippen LogP contribution in [-0.4, -0.2) is 48.1 Å². The van der Waals surface area contributed by atoms with Gasteiger partial charge in [-0.3, -0.25) is 9.69 Å². The van der Waals surface area contributed by atoms with E-state index in [9.17, 15) is 4.79 Å². The van der Waals surface area contributed by atoms with Gasteiger partial charge in [-0.15, -0.1) is 11.3 Å². The molecular weight excluding hydrogens is 250 g/mol. The number of piperidine rings is 1. The fraction of sp³-hybridized carbons (Fsp3) is 0.667. The summed E-state index contributed by atoms with van der Waals surface area (Å²) in [4.78, 5) is 18.5. The summed E-state index contributed by atoms with van der Waals surface area (Å²) in [6.45, 7) is 3.90. The molecule has 18 heavy (non-hydrogen) atoms. The summed E-state index contributed by atoms with van der Waals surface area (Å²) in [6.07, 6.45) is 2.76. The number of nitrogens with zero attached hydrogens (tertiary/aromatic N) is 2. The SMILES string of the molecule is O=C1NCCO[C@H]2CN(Cc3nccs3)CC[C@@H]12. The number of hydrogen-bond acceptors (Lipinski definition) is 5. The Kier molecular flexibility index (Phi) is 3.58. The third-order valence-corrected chi connectivity index (χ3v) is 4.32. The number of likely N-dealkylation sites (tertiary alicyclic amines) is 1. The van der Waals surface area contributed by atoms with Gasteiger partial charge in [-0.05, 0) is 13.0 Å². The van der Waals surface area contributed by atoms with Gasteiger partial charge in [0.25, 0.3) is 0 Å². The highest BCUT2D eigenvalue weighted by Gasteiger charge is 2.36. The van der Waals surface area contributed by atoms with E-state index in [2.05, 4.69) is 15.2 Å². The lowest BCUT2D eigenvalue weighted by Gasteiger charge is -2.35. The average molecular weight is 267 g/mol. The van der Waals surface area contributed by atoms with Crippen LogP contribution < -0.4 is 5.32 Å². The van der Waals surface area contributed by atoms with Gasteiger partial charge in [0.2, 0.25) is 5.91 Å². The van der Waals surface area contributed by atoms with Crippen LogP contribution in [0.5, 0.6) is 0 Å². The molecule has 0 unspecified atom stereocenters. The number of fused-ring (bicyclic) bond motifs is 1. The second kappa shape index (κ2) is 5.34. The van der Waals surface area contributed by atoms with Crippen molar-refractivity contribution in [1.29, 1.82) is 0 Å². The maximum atomic E-state index is 11.9. The van der Waals surface area contributed by atoms with Gasteiger partial charge in [-0.2, -0.15) is 0 Å². The van der Waals surface area contributed by atoms with E-state index in [1.54, 1.807) is 11.3 Å². The Bertz CT molecular complexity index is 409. The number of carbonyl (C=O) groups is 1. The van der Waals surface area contributed by atoms with Gasteiger partial charge in [-0.1, -0.05) is 0 Å². The molecule has 1 N–H and O–H groups in total. The molecule has 0 aromatic carbocycles. The van der Waals surface area contributed by atoms with Gasteiger partial charge in [-0.25, -0.2) is 4.98 Å². The molecule has 2 atom stereocenters. The summed E-state index contributed by atoms with van der Waals surface area (Å²) < 4.78 is 5.78. The highest BCUT2D eigenvalue weighted by Crippen LogP contribution is 2.23. The molecule has 2 saturated heterocycles. The molecule has 1 aromatic heterocycles. The van der Waals surface area contributed by atoms with Gasteiger partial charge in [0.05, 0.1) is 25.2 Å². The Labute approximate surface area is 110 Å². The van der Waals surface area contributed by atoms with Crippen LogP contribution in [0.1, 0.15) is 11.4 Å². The molecule has 3 heterocycles. The molecule has 0 spiro atoms. The van der Waals surface area contributed by atoms with Crippen molar-refractivity contribution in [3.8, 4) is 0 Å². The largest absolute Gasteiger partial charge is 0.374 e. The minimum Gasteiger partial charge on any atom is -0.374 e. The third kappa shape index (κ3) is 2.55. The van der Waals surface area contributed by atoms with Crippen molar-refractivity contribution in [3.63, 3.8) is 0 Å². The van der Waals surface area contributed by atoms with E-state index in [1.165, 1.54) is 0 Å². The topological polar surface area (TPSA) is 54.5 Å². The van der Waals surface area contributed by atoms with Crippen molar-refractivity contribution in [3.05, 3.63) is 16.6 Å². The van der Waals surface area contributed by atoms with Crippen LogP contribution in [0.4, 0.5) is 0 Å². The fourth-order valence-corrected chi connectivity index (χ4v) is 3.29. The normalized spacial score (nSPS) is 29.4. The summed E-state index contributed by atoms with van der Waals surface area (Å²) in [7, 11) is 0. The van der Waals surface area contributed by atoms with Crippen molar-refractivity contribution in [2.24, 2.45) is 5.92 Å². The van der Waals surface area contributed by atoms with E-state index in [4.69, 9.17) is 4.74 Å². The standard InChI is InChI=1S/C12H17N3O2S/c16-12-9-1-4-15(8-11-13-3-6-18-11)7-10(9)17-5-2-14-12/h3,6,9-10H,1-2,4-5,7-8H2,(H,14,16)/t9-,10+/m1/s1. The lowest BCUT2D eigenvalue weighted by Crippen LogP contribution is -2.48. The molecule has 2 fully saturated rings. The molecular formula is C12H17N3O2S. The summed E-state index contributed by atoms with van der Waals surface area (Å²) in [6, 6.07) is 0. The lowest BCUT2D eigenvalue weighted by molar-refractivity contribution is -0.130. The molecule has 0 aliphatic carbocycles. The van der Waals surface area contributed by atoms with E-state index >= 15 is 0 Å². The number of rotatable bonds is 2. The Balaban J connectivity index is 1.63. The van der Waals surface area contributed by atoms with Crippen molar-refractivity contribution >= 4 is 17.2 Å². The van der Waals surface area contributed by atoms with Crippen LogP contribution in [0, 0.1) is 5.92 Å². The molecule has 0 radical (unpaired) electrons. The van der Waals surface area contributed by atoms with Crippen LogP contribution in [0.25, 0.3) is 0 Å². The van der Waals surface area contributed by atoms with Crippen LogP contribution in [0.2, 0.25) is 0 Å². The number of thiazole rings is 1. The molecule has 5 nitrogen and oxygen atoms in total. The number of aromatic nitrogens is 1. The van der Waals surface area contributed by atoms with Gasteiger partial charge in [0.1, 0.15) is 5.01 Å². The van der Waals surface area contributed by atoms with Crippen LogP contribution in [0.15, 0.2) is 11.6 Å². The van der Waals surface area contributed by atoms with Gasteiger partial charge in [0.15, 0.2) is 0 Å². The van der Waals surface area contributed by atoms with Crippen molar-refractivity contribution in [2.75, 3.05) is 26.2 Å². The number of ether oxygens (including phenoxy) is 1. The van der Waals surface area contributed by atoms with Crippen LogP contribution >= 0.6 is 11.3 Å².